The van der Waals surface area contributed by atoms with Crippen molar-refractivity contribution in [3.63, 3.8) is 0 Å². The van der Waals surface area contributed by atoms with Crippen LogP contribution >= 0.6 is 0 Å². The Bertz CT molecular complexity index is 327. The number of hydrogen-bond acceptors (Lipinski definition) is 3. The molecule has 1 unspecified atom stereocenters. The van der Waals surface area contributed by atoms with Gasteiger partial charge in [-0.1, -0.05) is 20.8 Å². The third-order valence-electron chi connectivity index (χ3n) is 3.22. The Labute approximate surface area is 106 Å². The summed E-state index contributed by atoms with van der Waals surface area (Å²) >= 11 is 0. The Kier molecular flexibility index (Phi) is 4.98. The smallest absolute Gasteiger partial charge is 0.213 e. The first-order valence-corrected chi connectivity index (χ1v) is 7.99. The monoisotopic (exact) mass is 262 g/mol. The molecule has 0 saturated carbocycles. The van der Waals surface area contributed by atoms with Gasteiger partial charge in [-0.2, -0.15) is 0 Å². The zero-order valence-corrected chi connectivity index (χ0v) is 12.3. The molecule has 1 saturated heterocycles. The molecule has 1 fully saturated rings. The molecule has 0 aromatic rings. The molecule has 0 aromatic carbocycles. The number of rotatable bonds is 5. The van der Waals surface area contributed by atoms with Crippen LogP contribution in [-0.4, -0.2) is 44.7 Å². The maximum Gasteiger partial charge on any atom is 0.213 e. The van der Waals surface area contributed by atoms with Gasteiger partial charge in [0.2, 0.25) is 10.0 Å². The van der Waals surface area contributed by atoms with Crippen molar-refractivity contribution < 1.29 is 8.42 Å². The standard InChI is InChI=1S/C12H26N2O2S/c1-12(2,3)7-9-17(15,16)14(4)10-11-6-5-8-13-11/h11,13H,5-10H2,1-4H3. The summed E-state index contributed by atoms with van der Waals surface area (Å²) in [6.45, 7) is 7.83. The third kappa shape index (κ3) is 5.36. The van der Waals surface area contributed by atoms with Crippen molar-refractivity contribution in [2.24, 2.45) is 5.41 Å². The van der Waals surface area contributed by atoms with Gasteiger partial charge >= 0.3 is 0 Å². The molecule has 5 heteroatoms. The number of hydrogen-bond donors (Lipinski definition) is 1. The first-order valence-electron chi connectivity index (χ1n) is 6.38. The van der Waals surface area contributed by atoms with Crippen molar-refractivity contribution in [2.75, 3.05) is 25.9 Å². The molecule has 1 aliphatic rings. The van der Waals surface area contributed by atoms with Crippen molar-refractivity contribution >= 4 is 10.0 Å². The van der Waals surface area contributed by atoms with E-state index < -0.39 is 10.0 Å². The highest BCUT2D eigenvalue weighted by atomic mass is 32.2. The molecule has 17 heavy (non-hydrogen) atoms. The molecule has 0 spiro atoms. The van der Waals surface area contributed by atoms with Gasteiger partial charge in [-0.15, -0.1) is 0 Å². The molecule has 0 bridgehead atoms. The Morgan fingerprint density at radius 2 is 2.00 bits per heavy atom. The molecule has 1 rings (SSSR count). The quantitative estimate of drug-likeness (QED) is 0.815. The summed E-state index contributed by atoms with van der Waals surface area (Å²) in [6, 6.07) is 0.337. The SMILES string of the molecule is CN(CC1CCCN1)S(=O)(=O)CCC(C)(C)C. The highest BCUT2D eigenvalue weighted by Crippen LogP contribution is 2.20. The van der Waals surface area contributed by atoms with Crippen molar-refractivity contribution in [2.45, 2.75) is 46.1 Å². The van der Waals surface area contributed by atoms with Crippen molar-refractivity contribution in [1.82, 2.24) is 9.62 Å². The first kappa shape index (κ1) is 14.9. The van der Waals surface area contributed by atoms with Crippen LogP contribution in [0, 0.1) is 5.41 Å². The lowest BCUT2D eigenvalue weighted by Gasteiger charge is -2.23. The lowest BCUT2D eigenvalue weighted by Crippen LogP contribution is -2.40. The highest BCUT2D eigenvalue weighted by molar-refractivity contribution is 7.89. The predicted octanol–water partition coefficient (Wildman–Crippen LogP) is 1.44. The second-order valence-electron chi connectivity index (χ2n) is 6.20. The van der Waals surface area contributed by atoms with E-state index in [1.165, 1.54) is 4.31 Å². The molecular formula is C12H26N2O2S. The summed E-state index contributed by atoms with van der Waals surface area (Å²) < 4.78 is 25.6. The summed E-state index contributed by atoms with van der Waals surface area (Å²) in [6.07, 6.45) is 2.94. The van der Waals surface area contributed by atoms with E-state index in [-0.39, 0.29) is 11.2 Å². The van der Waals surface area contributed by atoms with E-state index in [1.807, 2.05) is 0 Å². The van der Waals surface area contributed by atoms with Crippen LogP contribution in [0.2, 0.25) is 0 Å². The third-order valence-corrected chi connectivity index (χ3v) is 5.04. The van der Waals surface area contributed by atoms with Crippen LogP contribution in [0.3, 0.4) is 0 Å². The molecule has 1 atom stereocenters. The molecule has 4 nitrogen and oxygen atoms in total. The number of nitrogens with one attached hydrogen (secondary N) is 1. The fourth-order valence-corrected chi connectivity index (χ4v) is 3.52. The molecule has 1 aliphatic heterocycles. The minimum Gasteiger partial charge on any atom is -0.313 e. The average Bonchev–Trinajstić information content (AvgIpc) is 2.66. The summed E-state index contributed by atoms with van der Waals surface area (Å²) in [4.78, 5) is 0. The van der Waals surface area contributed by atoms with Crippen molar-refractivity contribution in [1.29, 1.82) is 0 Å². The summed E-state index contributed by atoms with van der Waals surface area (Å²) in [7, 11) is -1.40. The van der Waals surface area contributed by atoms with Gasteiger partial charge in [0.05, 0.1) is 5.75 Å². The van der Waals surface area contributed by atoms with Gasteiger partial charge in [0.15, 0.2) is 0 Å². The van der Waals surface area contributed by atoms with E-state index in [0.717, 1.165) is 19.4 Å². The minimum atomic E-state index is -3.09. The highest BCUT2D eigenvalue weighted by Gasteiger charge is 2.25. The summed E-state index contributed by atoms with van der Waals surface area (Å²) in [5.41, 5.74) is 0.0690. The number of sulfonamides is 1. The van der Waals surface area contributed by atoms with E-state index in [1.54, 1.807) is 7.05 Å². The molecule has 1 N–H and O–H groups in total. The van der Waals surface area contributed by atoms with Gasteiger partial charge in [0, 0.05) is 19.6 Å². The Balaban J connectivity index is 2.45. The van der Waals surface area contributed by atoms with Gasteiger partial charge < -0.3 is 5.32 Å². The van der Waals surface area contributed by atoms with Gasteiger partial charge in [0.25, 0.3) is 0 Å². The first-order chi connectivity index (χ1) is 7.71. The Hall–Kier alpha value is -0.130. The average molecular weight is 262 g/mol. The lowest BCUT2D eigenvalue weighted by molar-refractivity contribution is 0.381. The van der Waals surface area contributed by atoms with E-state index in [4.69, 9.17) is 0 Å². The normalized spacial score (nSPS) is 22.3. The van der Waals surface area contributed by atoms with Crippen LogP contribution in [0.15, 0.2) is 0 Å². The lowest BCUT2D eigenvalue weighted by atomic mass is 9.94. The van der Waals surface area contributed by atoms with E-state index in [2.05, 4.69) is 26.1 Å². The minimum absolute atomic E-state index is 0.0690. The van der Waals surface area contributed by atoms with Crippen LogP contribution in [0.25, 0.3) is 0 Å². The Morgan fingerprint density at radius 3 is 2.47 bits per heavy atom. The molecule has 1 heterocycles. The van der Waals surface area contributed by atoms with Crippen LogP contribution in [0.1, 0.15) is 40.0 Å². The topological polar surface area (TPSA) is 49.4 Å². The fourth-order valence-electron chi connectivity index (χ4n) is 1.93. The van der Waals surface area contributed by atoms with Gasteiger partial charge in [-0.3, -0.25) is 0 Å². The largest absolute Gasteiger partial charge is 0.313 e. The van der Waals surface area contributed by atoms with E-state index in [9.17, 15) is 8.42 Å². The Morgan fingerprint density at radius 1 is 1.35 bits per heavy atom. The number of nitrogens with zero attached hydrogens (tertiary/aromatic N) is 1. The molecule has 0 radical (unpaired) electrons. The van der Waals surface area contributed by atoms with Crippen LogP contribution < -0.4 is 5.32 Å². The maximum absolute atomic E-state index is 12.1. The van der Waals surface area contributed by atoms with Crippen LogP contribution in [0.4, 0.5) is 0 Å². The van der Waals surface area contributed by atoms with Gasteiger partial charge in [-0.05, 0) is 31.2 Å². The molecule has 0 amide bonds. The fraction of sp³-hybridized carbons (Fsp3) is 1.00. The zero-order valence-electron chi connectivity index (χ0n) is 11.5. The van der Waals surface area contributed by atoms with Crippen LogP contribution in [-0.2, 0) is 10.0 Å². The van der Waals surface area contributed by atoms with E-state index in [0.29, 0.717) is 19.0 Å². The van der Waals surface area contributed by atoms with Crippen LogP contribution in [0.5, 0.6) is 0 Å². The van der Waals surface area contributed by atoms with Gasteiger partial charge in [0.1, 0.15) is 0 Å². The molecule has 0 aliphatic carbocycles. The van der Waals surface area contributed by atoms with Crippen molar-refractivity contribution in [3.05, 3.63) is 0 Å². The van der Waals surface area contributed by atoms with Crippen molar-refractivity contribution in [3.8, 4) is 0 Å². The van der Waals surface area contributed by atoms with E-state index >= 15 is 0 Å². The predicted molar refractivity (Wildman–Crippen MR) is 71.5 cm³/mol. The summed E-state index contributed by atoms with van der Waals surface area (Å²) in [5.74, 6) is 0.250. The zero-order chi connectivity index (χ0) is 13.1. The second kappa shape index (κ2) is 5.67. The number of likely N-dealkylation sites (N-methyl/N-ethyl adjacent to an activating group) is 1. The second-order valence-corrected chi connectivity index (χ2v) is 8.40. The molecular weight excluding hydrogens is 236 g/mol. The summed E-state index contributed by atoms with van der Waals surface area (Å²) in [5, 5.41) is 3.33. The maximum atomic E-state index is 12.1. The molecule has 0 aromatic heterocycles. The molecule has 102 valence electrons. The van der Waals surface area contributed by atoms with Gasteiger partial charge in [-0.25, -0.2) is 12.7 Å².